The summed E-state index contributed by atoms with van der Waals surface area (Å²) in [7, 11) is 0. The molecule has 2 heterocycles. The van der Waals surface area contributed by atoms with Crippen LogP contribution in [0.2, 0.25) is 0 Å². The molecule has 1 saturated heterocycles. The van der Waals surface area contributed by atoms with Gasteiger partial charge in [0, 0.05) is 16.8 Å². The molecule has 1 fully saturated rings. The molecule has 1 aromatic heterocycles. The third-order valence-electron chi connectivity index (χ3n) is 4.04. The summed E-state index contributed by atoms with van der Waals surface area (Å²) in [6.45, 7) is 3.79. The molecule has 1 aromatic rings. The summed E-state index contributed by atoms with van der Waals surface area (Å²) in [6.07, 6.45) is -4.02. The van der Waals surface area contributed by atoms with Crippen LogP contribution in [0.25, 0.3) is 10.4 Å². The molecule has 2 rings (SSSR count). The molecule has 0 aromatic carbocycles. The lowest BCUT2D eigenvalue weighted by molar-refractivity contribution is -0.167. The first kappa shape index (κ1) is 19.8. The first-order valence-electron chi connectivity index (χ1n) is 7.95. The molecule has 1 aliphatic rings. The zero-order chi connectivity index (χ0) is 19.5. The molecule has 0 aliphatic carbocycles. The number of aliphatic hydroxyl groups is 1. The van der Waals surface area contributed by atoms with Crippen LogP contribution in [-0.2, 0) is 14.3 Å². The van der Waals surface area contributed by atoms with E-state index in [9.17, 15) is 19.1 Å². The van der Waals surface area contributed by atoms with Gasteiger partial charge in [0.25, 0.3) is 0 Å². The first-order chi connectivity index (χ1) is 12.2. The van der Waals surface area contributed by atoms with E-state index in [-0.39, 0.29) is 0 Å². The molecule has 0 unspecified atom stereocenters. The lowest BCUT2D eigenvalue weighted by Gasteiger charge is -2.29. The predicted octanol–water partition coefficient (Wildman–Crippen LogP) is 1.03. The van der Waals surface area contributed by atoms with E-state index in [2.05, 4.69) is 15.0 Å². The number of hydrogen-bond donors (Lipinski definition) is 1. The fourth-order valence-electron chi connectivity index (χ4n) is 2.53. The number of alkyl halides is 1. The summed E-state index contributed by atoms with van der Waals surface area (Å²) >= 11 is 0. The average Bonchev–Trinajstić information content (AvgIpc) is 2.83. The van der Waals surface area contributed by atoms with Gasteiger partial charge in [-0.25, -0.2) is 9.18 Å². The first-order valence-corrected chi connectivity index (χ1v) is 7.95. The molecule has 0 radical (unpaired) electrons. The molecule has 10 nitrogen and oxygen atoms in total. The number of esters is 1. The molecule has 26 heavy (non-hydrogen) atoms. The minimum Gasteiger partial charge on any atom is -0.462 e. The Kier molecular flexibility index (Phi) is 5.96. The van der Waals surface area contributed by atoms with Gasteiger partial charge in [-0.05, 0) is 18.5 Å². The maximum Gasteiger partial charge on any atom is 0.349 e. The van der Waals surface area contributed by atoms with E-state index in [1.807, 2.05) is 0 Å². The Morgan fingerprint density at radius 3 is 2.92 bits per heavy atom. The Morgan fingerprint density at radius 1 is 1.65 bits per heavy atom. The number of aromatic nitrogens is 2. The van der Waals surface area contributed by atoms with Gasteiger partial charge < -0.3 is 14.6 Å². The topological polar surface area (TPSA) is 139 Å². The van der Waals surface area contributed by atoms with Crippen molar-refractivity contribution in [1.29, 1.82) is 0 Å². The average molecular weight is 369 g/mol. The van der Waals surface area contributed by atoms with Crippen LogP contribution in [0.3, 0.4) is 0 Å². The predicted molar refractivity (Wildman–Crippen MR) is 86.8 cm³/mol. The lowest BCUT2D eigenvalue weighted by Crippen LogP contribution is -2.49. The molecule has 1 N–H and O–H groups in total. The molecule has 0 amide bonds. The zero-order valence-corrected chi connectivity index (χ0v) is 14.6. The Labute approximate surface area is 148 Å². The highest BCUT2D eigenvalue weighted by molar-refractivity contribution is 5.71. The minimum atomic E-state index is -2.02. The number of nitrogens with zero attached hydrogens (tertiary/aromatic N) is 5. The maximum atomic E-state index is 14.7. The number of carbonyl (C=O) groups excluding carboxylic acids is 1. The van der Waals surface area contributed by atoms with E-state index in [4.69, 9.17) is 15.0 Å². The van der Waals surface area contributed by atoms with Gasteiger partial charge in [0.2, 0.25) is 0 Å². The van der Waals surface area contributed by atoms with Crippen molar-refractivity contribution in [3.63, 3.8) is 0 Å². The highest BCUT2D eigenvalue weighted by Crippen LogP contribution is 2.39. The van der Waals surface area contributed by atoms with Crippen LogP contribution in [0, 0.1) is 12.8 Å². The zero-order valence-electron chi connectivity index (χ0n) is 14.6. The summed E-state index contributed by atoms with van der Waals surface area (Å²) in [6, 6.07) is 1.48. The third-order valence-corrected chi connectivity index (χ3v) is 4.04. The normalized spacial score (nSPS) is 28.0. The van der Waals surface area contributed by atoms with Gasteiger partial charge in [0.05, 0.1) is 12.5 Å². The monoisotopic (exact) mass is 369 g/mol. The molecule has 142 valence electrons. The van der Waals surface area contributed by atoms with Crippen molar-refractivity contribution in [2.75, 3.05) is 13.2 Å². The van der Waals surface area contributed by atoms with Crippen LogP contribution in [0.15, 0.2) is 22.2 Å². The van der Waals surface area contributed by atoms with E-state index in [1.165, 1.54) is 12.3 Å². The fourth-order valence-corrected chi connectivity index (χ4v) is 2.53. The van der Waals surface area contributed by atoms with Gasteiger partial charge in [0.15, 0.2) is 12.4 Å². The second-order valence-corrected chi connectivity index (χ2v) is 6.37. The summed E-state index contributed by atoms with van der Waals surface area (Å²) in [5.74, 6) is -1.04. The van der Waals surface area contributed by atoms with E-state index < -0.39 is 54.8 Å². The number of carbonyl (C=O) groups is 1. The highest BCUT2D eigenvalue weighted by atomic mass is 19.1. The number of aliphatic hydroxyl groups excluding tert-OH is 1. The Hall–Kier alpha value is -2.49. The second kappa shape index (κ2) is 7.81. The number of halogens is 1. The van der Waals surface area contributed by atoms with Crippen molar-refractivity contribution in [1.82, 2.24) is 9.55 Å². The molecule has 11 heteroatoms. The Morgan fingerprint density at radius 2 is 2.35 bits per heavy atom. The van der Waals surface area contributed by atoms with Crippen molar-refractivity contribution in [3.05, 3.63) is 38.9 Å². The van der Waals surface area contributed by atoms with Crippen molar-refractivity contribution in [2.45, 2.75) is 44.9 Å². The number of azide groups is 1. The Bertz CT molecular complexity index is 778. The van der Waals surface area contributed by atoms with Crippen molar-refractivity contribution in [3.8, 4) is 0 Å². The molecule has 1 aliphatic heterocycles. The highest BCUT2D eigenvalue weighted by Gasteiger charge is 2.56. The smallest absolute Gasteiger partial charge is 0.349 e. The van der Waals surface area contributed by atoms with E-state index in [0.717, 1.165) is 4.57 Å². The summed E-state index contributed by atoms with van der Waals surface area (Å²) in [5.41, 5.74) is 6.43. The van der Waals surface area contributed by atoms with Gasteiger partial charge >= 0.3 is 11.7 Å². The van der Waals surface area contributed by atoms with Crippen molar-refractivity contribution in [2.24, 2.45) is 11.0 Å². The molecule has 0 spiro atoms. The van der Waals surface area contributed by atoms with Gasteiger partial charge in [0.1, 0.15) is 18.3 Å². The number of aryl methyl sites for hydroxylation is 1. The minimum absolute atomic E-state index is 0.436. The largest absolute Gasteiger partial charge is 0.462 e. The second-order valence-electron chi connectivity index (χ2n) is 6.37. The summed E-state index contributed by atoms with van der Waals surface area (Å²) in [5, 5.41) is 13.7. The SMILES string of the molecule is Cc1ccn([C@@H]2O[C@](CN=[N+]=[N-])(COC(=O)C(C)C)[C@@H](O)[C@H]2F)c(=O)n1. The van der Waals surface area contributed by atoms with Gasteiger partial charge in [-0.3, -0.25) is 9.36 Å². The molecular formula is C15H20FN5O5. The van der Waals surface area contributed by atoms with Crippen LogP contribution in [0.5, 0.6) is 0 Å². The maximum absolute atomic E-state index is 14.7. The van der Waals surface area contributed by atoms with Crippen molar-refractivity contribution < 1.29 is 23.8 Å². The molecule has 0 saturated carbocycles. The van der Waals surface area contributed by atoms with Crippen molar-refractivity contribution >= 4 is 5.97 Å². The van der Waals surface area contributed by atoms with Crippen LogP contribution in [0.1, 0.15) is 25.8 Å². The Balaban J connectivity index is 2.34. The summed E-state index contributed by atoms with van der Waals surface area (Å²) in [4.78, 5) is 30.0. The third kappa shape index (κ3) is 3.85. The summed E-state index contributed by atoms with van der Waals surface area (Å²) < 4.78 is 26.2. The van der Waals surface area contributed by atoms with Crippen LogP contribution < -0.4 is 5.69 Å². The van der Waals surface area contributed by atoms with E-state index >= 15 is 0 Å². The number of ether oxygens (including phenoxy) is 2. The lowest BCUT2D eigenvalue weighted by atomic mass is 9.96. The molecule has 4 atom stereocenters. The van der Waals surface area contributed by atoms with E-state index in [1.54, 1.807) is 20.8 Å². The van der Waals surface area contributed by atoms with Crippen LogP contribution in [-0.4, -0.2) is 51.7 Å². The van der Waals surface area contributed by atoms with E-state index in [0.29, 0.717) is 5.69 Å². The van der Waals surface area contributed by atoms with Crippen LogP contribution in [0.4, 0.5) is 4.39 Å². The van der Waals surface area contributed by atoms with Gasteiger partial charge in [-0.1, -0.05) is 19.0 Å². The molecule has 0 bridgehead atoms. The fraction of sp³-hybridized carbons (Fsp3) is 0.667. The quantitative estimate of drug-likeness (QED) is 0.344. The van der Waals surface area contributed by atoms with Gasteiger partial charge in [-0.2, -0.15) is 4.98 Å². The standard InChI is InChI=1S/C15H20FN5O5/c1-8(2)13(23)25-7-15(6-18-20-17)11(22)10(16)12(26-15)21-5-4-9(3)19-14(21)24/h4-5,8,10-12,22H,6-7H2,1-3H3/t10-,11+,12-,15-/m1/s1. The number of hydrogen-bond acceptors (Lipinski definition) is 7. The van der Waals surface area contributed by atoms with Crippen LogP contribution >= 0.6 is 0 Å². The number of rotatable bonds is 6. The van der Waals surface area contributed by atoms with Gasteiger partial charge in [-0.15, -0.1) is 0 Å². The molecular weight excluding hydrogens is 349 g/mol.